The zero-order valence-corrected chi connectivity index (χ0v) is 16.2. The van der Waals surface area contributed by atoms with Crippen molar-refractivity contribution >= 4 is 5.91 Å². The molecule has 4 rings (SSSR count). The quantitative estimate of drug-likeness (QED) is 0.658. The first-order valence-electron chi connectivity index (χ1n) is 9.27. The van der Waals surface area contributed by atoms with Gasteiger partial charge in [-0.05, 0) is 31.5 Å². The topological polar surface area (TPSA) is 113 Å². The smallest absolute Gasteiger partial charge is 0.267 e. The molecular formula is C21H21N5O3. The summed E-state index contributed by atoms with van der Waals surface area (Å²) in [7, 11) is 1.63. The Morgan fingerprint density at radius 3 is 2.66 bits per heavy atom. The standard InChI is InChI=1S/C21H21N5O3/c1-12-23-10-17(13-3-5-19(20(22)27)24-8-13)21(26-12)29-11-14-7-16(14)18-6-4-15(28-2)9-25-18/h3-6,8-10,14,16H,7,11H2,1-2H3,(H2,22,27). The monoisotopic (exact) mass is 391 g/mol. The van der Waals surface area contributed by atoms with E-state index in [9.17, 15) is 4.79 Å². The third kappa shape index (κ3) is 4.16. The van der Waals surface area contributed by atoms with Crippen LogP contribution in [0.3, 0.4) is 0 Å². The van der Waals surface area contributed by atoms with Crippen LogP contribution in [0.1, 0.15) is 34.3 Å². The lowest BCUT2D eigenvalue weighted by atomic mass is 10.1. The summed E-state index contributed by atoms with van der Waals surface area (Å²) in [6, 6.07) is 7.26. The maximum absolute atomic E-state index is 11.2. The van der Waals surface area contributed by atoms with Gasteiger partial charge >= 0.3 is 0 Å². The molecule has 0 radical (unpaired) electrons. The van der Waals surface area contributed by atoms with Crippen LogP contribution >= 0.6 is 0 Å². The number of methoxy groups -OCH3 is 1. The van der Waals surface area contributed by atoms with Crippen molar-refractivity contribution in [3.8, 4) is 22.8 Å². The number of primary amides is 1. The summed E-state index contributed by atoms with van der Waals surface area (Å²) in [5.74, 6) is 2.06. The summed E-state index contributed by atoms with van der Waals surface area (Å²) in [5, 5.41) is 0. The minimum atomic E-state index is -0.569. The molecule has 2 atom stereocenters. The van der Waals surface area contributed by atoms with Crippen LogP contribution in [0.4, 0.5) is 0 Å². The summed E-state index contributed by atoms with van der Waals surface area (Å²) < 4.78 is 11.2. The van der Waals surface area contributed by atoms with Gasteiger partial charge in [-0.15, -0.1) is 0 Å². The number of amides is 1. The maximum atomic E-state index is 11.2. The predicted molar refractivity (Wildman–Crippen MR) is 106 cm³/mol. The molecule has 0 aromatic carbocycles. The van der Waals surface area contributed by atoms with E-state index < -0.39 is 5.91 Å². The average Bonchev–Trinajstić information content (AvgIpc) is 3.52. The number of pyridine rings is 2. The van der Waals surface area contributed by atoms with Crippen molar-refractivity contribution in [1.82, 2.24) is 19.9 Å². The van der Waals surface area contributed by atoms with Crippen molar-refractivity contribution in [1.29, 1.82) is 0 Å². The van der Waals surface area contributed by atoms with Gasteiger partial charge in [-0.1, -0.05) is 6.07 Å². The number of ether oxygens (including phenoxy) is 2. The van der Waals surface area contributed by atoms with Crippen molar-refractivity contribution < 1.29 is 14.3 Å². The van der Waals surface area contributed by atoms with E-state index in [-0.39, 0.29) is 5.69 Å². The van der Waals surface area contributed by atoms with Gasteiger partial charge in [0.25, 0.3) is 5.91 Å². The molecule has 1 saturated carbocycles. The summed E-state index contributed by atoms with van der Waals surface area (Å²) >= 11 is 0. The van der Waals surface area contributed by atoms with Crippen LogP contribution in [0.15, 0.2) is 42.9 Å². The Bertz CT molecular complexity index is 1020. The summed E-state index contributed by atoms with van der Waals surface area (Å²) in [5.41, 5.74) is 7.99. The molecule has 1 aliphatic rings. The van der Waals surface area contributed by atoms with E-state index in [1.807, 2.05) is 19.1 Å². The Balaban J connectivity index is 1.46. The molecule has 1 fully saturated rings. The lowest BCUT2D eigenvalue weighted by Crippen LogP contribution is -2.12. The van der Waals surface area contributed by atoms with E-state index in [1.165, 1.54) is 0 Å². The highest BCUT2D eigenvalue weighted by molar-refractivity contribution is 5.91. The van der Waals surface area contributed by atoms with Crippen LogP contribution in [-0.4, -0.2) is 39.6 Å². The van der Waals surface area contributed by atoms with Crippen molar-refractivity contribution in [3.05, 3.63) is 60.1 Å². The first-order chi connectivity index (χ1) is 14.0. The lowest BCUT2D eigenvalue weighted by molar-refractivity contribution is 0.0995. The fraction of sp³-hybridized carbons (Fsp3) is 0.286. The van der Waals surface area contributed by atoms with Crippen molar-refractivity contribution in [2.24, 2.45) is 11.7 Å². The maximum Gasteiger partial charge on any atom is 0.267 e. The summed E-state index contributed by atoms with van der Waals surface area (Å²) in [6.45, 7) is 2.35. The van der Waals surface area contributed by atoms with Gasteiger partial charge in [-0.3, -0.25) is 14.8 Å². The molecular weight excluding hydrogens is 370 g/mol. The number of nitrogens with zero attached hydrogens (tertiary/aromatic N) is 4. The van der Waals surface area contributed by atoms with Crippen LogP contribution in [0.25, 0.3) is 11.1 Å². The molecule has 1 aliphatic carbocycles. The molecule has 3 aromatic heterocycles. The molecule has 0 bridgehead atoms. The SMILES string of the molecule is COc1ccc(C2CC2COc2nc(C)ncc2-c2ccc(C(N)=O)nc2)nc1. The Morgan fingerprint density at radius 1 is 1.14 bits per heavy atom. The molecule has 29 heavy (non-hydrogen) atoms. The largest absolute Gasteiger partial charge is 0.495 e. The van der Waals surface area contributed by atoms with Gasteiger partial charge < -0.3 is 15.2 Å². The minimum Gasteiger partial charge on any atom is -0.495 e. The first kappa shape index (κ1) is 18.8. The number of rotatable bonds is 7. The van der Waals surface area contributed by atoms with E-state index in [2.05, 4.69) is 19.9 Å². The number of nitrogens with two attached hydrogens (primary N) is 1. The minimum absolute atomic E-state index is 0.206. The number of aryl methyl sites for hydroxylation is 1. The van der Waals surface area contributed by atoms with Gasteiger partial charge in [-0.2, -0.15) is 4.98 Å². The first-order valence-corrected chi connectivity index (χ1v) is 9.27. The van der Waals surface area contributed by atoms with Crippen molar-refractivity contribution in [2.75, 3.05) is 13.7 Å². The molecule has 3 aromatic rings. The highest BCUT2D eigenvalue weighted by Gasteiger charge is 2.40. The molecule has 2 unspecified atom stereocenters. The fourth-order valence-electron chi connectivity index (χ4n) is 3.17. The van der Waals surface area contributed by atoms with Crippen molar-refractivity contribution in [3.63, 3.8) is 0 Å². The molecule has 0 spiro atoms. The van der Waals surface area contributed by atoms with Gasteiger partial charge in [0, 0.05) is 35.5 Å². The second-order valence-corrected chi connectivity index (χ2v) is 6.97. The molecule has 3 heterocycles. The van der Waals surface area contributed by atoms with E-state index in [0.717, 1.165) is 29.0 Å². The molecule has 8 heteroatoms. The Kier molecular flexibility index (Phi) is 5.07. The van der Waals surface area contributed by atoms with Crippen LogP contribution in [0, 0.1) is 12.8 Å². The third-order valence-corrected chi connectivity index (χ3v) is 4.93. The molecule has 8 nitrogen and oxygen atoms in total. The van der Waals surface area contributed by atoms with Crippen LogP contribution in [0.5, 0.6) is 11.6 Å². The van der Waals surface area contributed by atoms with Gasteiger partial charge in [0.15, 0.2) is 0 Å². The van der Waals surface area contributed by atoms with Crippen LogP contribution < -0.4 is 15.2 Å². The predicted octanol–water partition coefficient (Wildman–Crippen LogP) is 2.53. The molecule has 148 valence electrons. The molecule has 1 amide bonds. The van der Waals surface area contributed by atoms with E-state index in [0.29, 0.717) is 30.1 Å². The molecule has 0 saturated heterocycles. The second-order valence-electron chi connectivity index (χ2n) is 6.97. The van der Waals surface area contributed by atoms with Gasteiger partial charge in [0.1, 0.15) is 17.3 Å². The highest BCUT2D eigenvalue weighted by atomic mass is 16.5. The molecule has 0 aliphatic heterocycles. The zero-order chi connectivity index (χ0) is 20.4. The van der Waals surface area contributed by atoms with Gasteiger partial charge in [0.05, 0.1) is 25.5 Å². The Labute approximate surface area is 168 Å². The van der Waals surface area contributed by atoms with Crippen LogP contribution in [-0.2, 0) is 0 Å². The van der Waals surface area contributed by atoms with Gasteiger partial charge in [-0.25, -0.2) is 4.98 Å². The second kappa shape index (κ2) is 7.83. The lowest BCUT2D eigenvalue weighted by Gasteiger charge is -2.11. The molecule has 2 N–H and O–H groups in total. The number of hydrogen-bond acceptors (Lipinski definition) is 7. The number of carbonyl (C=O) groups excluding carboxylic acids is 1. The number of carbonyl (C=O) groups is 1. The van der Waals surface area contributed by atoms with Crippen LogP contribution in [0.2, 0.25) is 0 Å². The number of aromatic nitrogens is 4. The average molecular weight is 391 g/mol. The van der Waals surface area contributed by atoms with E-state index in [1.54, 1.807) is 37.8 Å². The normalized spacial score (nSPS) is 17.6. The van der Waals surface area contributed by atoms with Gasteiger partial charge in [0.2, 0.25) is 5.88 Å². The van der Waals surface area contributed by atoms with E-state index >= 15 is 0 Å². The summed E-state index contributed by atoms with van der Waals surface area (Å²) in [6.07, 6.45) is 6.03. The Hall–Kier alpha value is -3.55. The fourth-order valence-corrected chi connectivity index (χ4v) is 3.17. The zero-order valence-electron chi connectivity index (χ0n) is 16.2. The van der Waals surface area contributed by atoms with E-state index in [4.69, 9.17) is 15.2 Å². The highest BCUT2D eigenvalue weighted by Crippen LogP contribution is 2.47. The van der Waals surface area contributed by atoms with Crippen molar-refractivity contribution in [2.45, 2.75) is 19.3 Å². The summed E-state index contributed by atoms with van der Waals surface area (Å²) in [4.78, 5) is 28.5. The number of hydrogen-bond donors (Lipinski definition) is 1. The third-order valence-electron chi connectivity index (χ3n) is 4.93. The Morgan fingerprint density at radius 2 is 2.00 bits per heavy atom.